The maximum atomic E-state index is 4.07. The van der Waals surface area contributed by atoms with Gasteiger partial charge in [-0.1, -0.05) is 39.8 Å². The molecule has 3 N–H and O–H groups in total. The van der Waals surface area contributed by atoms with Crippen LogP contribution in [0.5, 0.6) is 0 Å². The highest BCUT2D eigenvalue weighted by Gasteiger charge is 2.14. The van der Waals surface area contributed by atoms with Crippen molar-refractivity contribution in [3.8, 4) is 0 Å². The summed E-state index contributed by atoms with van der Waals surface area (Å²) in [6, 6.07) is 0.283. The summed E-state index contributed by atoms with van der Waals surface area (Å²) in [5.41, 5.74) is 2.04. The van der Waals surface area contributed by atoms with Crippen molar-refractivity contribution in [2.24, 2.45) is 5.92 Å². The lowest BCUT2D eigenvalue weighted by molar-refractivity contribution is 0.462. The lowest BCUT2D eigenvalue weighted by Gasteiger charge is -2.24. The zero-order valence-corrected chi connectivity index (χ0v) is 12.2. The molecule has 0 bridgehead atoms. The van der Waals surface area contributed by atoms with E-state index in [1.54, 1.807) is 0 Å². The molecule has 0 aromatic rings. The molecule has 100 valence electrons. The molecule has 0 rings (SSSR count). The molecule has 0 heterocycles. The molecule has 0 spiro atoms. The minimum absolute atomic E-state index is 0.283. The first-order valence-electron chi connectivity index (χ1n) is 6.20. The van der Waals surface area contributed by atoms with Gasteiger partial charge in [0, 0.05) is 24.0 Å². The minimum atomic E-state index is 0.283. The van der Waals surface area contributed by atoms with E-state index in [1.165, 1.54) is 0 Å². The highest BCUT2D eigenvalue weighted by Crippen LogP contribution is 2.11. The van der Waals surface area contributed by atoms with Gasteiger partial charge in [-0.25, -0.2) is 0 Å². The van der Waals surface area contributed by atoms with E-state index in [4.69, 9.17) is 0 Å². The summed E-state index contributed by atoms with van der Waals surface area (Å²) in [5.74, 6) is 0.515. The predicted octanol–water partition coefficient (Wildman–Crippen LogP) is 2.45. The Morgan fingerprint density at radius 1 is 1.24 bits per heavy atom. The van der Waals surface area contributed by atoms with E-state index in [9.17, 15) is 0 Å². The Balaban J connectivity index is 3.90. The third kappa shape index (κ3) is 7.47. The van der Waals surface area contributed by atoms with E-state index in [-0.39, 0.29) is 6.04 Å². The average Bonchev–Trinajstić information content (AvgIpc) is 2.24. The fourth-order valence-corrected chi connectivity index (χ4v) is 1.98. The van der Waals surface area contributed by atoms with Crippen molar-refractivity contribution in [3.63, 3.8) is 0 Å². The lowest BCUT2D eigenvalue weighted by atomic mass is 10.0. The molecule has 0 aromatic carbocycles. The molecule has 0 fully saturated rings. The zero-order chi connectivity index (χ0) is 13.3. The SMILES string of the molecule is C=C(CCCCNS)NC(=C)C(NC)C(C)C. The van der Waals surface area contributed by atoms with Gasteiger partial charge in [-0.05, 0) is 32.2 Å². The third-order valence-electron chi connectivity index (χ3n) is 2.71. The number of hydrogen-bond acceptors (Lipinski definition) is 4. The maximum Gasteiger partial charge on any atom is 0.0487 e. The van der Waals surface area contributed by atoms with Gasteiger partial charge in [-0.15, -0.1) is 0 Å². The second-order valence-corrected chi connectivity index (χ2v) is 4.95. The maximum absolute atomic E-state index is 4.07. The highest BCUT2D eigenvalue weighted by molar-refractivity contribution is 7.78. The van der Waals surface area contributed by atoms with Gasteiger partial charge in [-0.2, -0.15) is 0 Å². The first kappa shape index (κ1) is 16.6. The van der Waals surface area contributed by atoms with Gasteiger partial charge in [0.05, 0.1) is 0 Å². The van der Waals surface area contributed by atoms with Crippen LogP contribution in [0.3, 0.4) is 0 Å². The molecule has 0 saturated carbocycles. The third-order valence-corrected chi connectivity index (χ3v) is 2.93. The normalized spacial score (nSPS) is 12.5. The van der Waals surface area contributed by atoms with Crippen LogP contribution >= 0.6 is 12.8 Å². The van der Waals surface area contributed by atoms with Crippen LogP contribution in [0, 0.1) is 5.92 Å². The van der Waals surface area contributed by atoms with Crippen LogP contribution in [0.4, 0.5) is 0 Å². The van der Waals surface area contributed by atoms with Crippen molar-refractivity contribution < 1.29 is 0 Å². The second kappa shape index (κ2) is 9.57. The molecule has 4 heteroatoms. The number of unbranched alkanes of at least 4 members (excludes halogenated alkanes) is 1. The molecule has 0 aliphatic heterocycles. The summed E-state index contributed by atoms with van der Waals surface area (Å²) in [4.78, 5) is 0. The molecular formula is C13H27N3S. The molecule has 0 saturated heterocycles. The number of rotatable bonds is 10. The van der Waals surface area contributed by atoms with E-state index in [0.29, 0.717) is 5.92 Å². The largest absolute Gasteiger partial charge is 0.362 e. The summed E-state index contributed by atoms with van der Waals surface area (Å²) >= 11 is 3.95. The van der Waals surface area contributed by atoms with Crippen LogP contribution < -0.4 is 15.4 Å². The molecule has 0 aromatic heterocycles. The highest BCUT2D eigenvalue weighted by atomic mass is 32.1. The number of allylic oxidation sites excluding steroid dienone is 1. The molecule has 0 aliphatic rings. The Kier molecular flexibility index (Phi) is 9.31. The molecule has 17 heavy (non-hydrogen) atoms. The van der Waals surface area contributed by atoms with Crippen LogP contribution in [-0.2, 0) is 0 Å². The van der Waals surface area contributed by atoms with Gasteiger partial charge < -0.3 is 10.6 Å². The van der Waals surface area contributed by atoms with Gasteiger partial charge >= 0.3 is 0 Å². The summed E-state index contributed by atoms with van der Waals surface area (Å²) < 4.78 is 2.84. The minimum Gasteiger partial charge on any atom is -0.362 e. The molecule has 1 atom stereocenters. The van der Waals surface area contributed by atoms with Gasteiger partial charge in [0.2, 0.25) is 0 Å². The lowest BCUT2D eigenvalue weighted by Crippen LogP contribution is -2.37. The monoisotopic (exact) mass is 257 g/mol. The fourth-order valence-electron chi connectivity index (χ4n) is 1.82. The summed E-state index contributed by atoms with van der Waals surface area (Å²) in [5, 5.41) is 6.56. The van der Waals surface area contributed by atoms with Crippen molar-refractivity contribution in [1.82, 2.24) is 15.4 Å². The van der Waals surface area contributed by atoms with Crippen LogP contribution in [0.2, 0.25) is 0 Å². The smallest absolute Gasteiger partial charge is 0.0487 e. The molecule has 3 nitrogen and oxygen atoms in total. The Labute approximate surface area is 112 Å². The van der Waals surface area contributed by atoms with Crippen LogP contribution in [0.1, 0.15) is 33.1 Å². The standard InChI is InChI=1S/C13H27N3S/c1-10(2)13(14-5)12(4)16-11(3)8-6-7-9-15-17/h10,13-17H,3-4,6-9H2,1-2,5H3. The molecule has 0 radical (unpaired) electrons. The van der Waals surface area contributed by atoms with Crippen LogP contribution in [0.25, 0.3) is 0 Å². The molecule has 0 aliphatic carbocycles. The number of likely N-dealkylation sites (N-methyl/N-ethyl adjacent to an activating group) is 1. The number of nitrogens with one attached hydrogen (secondary N) is 3. The van der Waals surface area contributed by atoms with E-state index < -0.39 is 0 Å². The summed E-state index contributed by atoms with van der Waals surface area (Å²) in [6.45, 7) is 13.4. The van der Waals surface area contributed by atoms with Crippen molar-refractivity contribution in [2.75, 3.05) is 13.6 Å². The average molecular weight is 257 g/mol. The van der Waals surface area contributed by atoms with Gasteiger partial charge in [-0.3, -0.25) is 4.72 Å². The Hall–Kier alpha value is -0.450. The van der Waals surface area contributed by atoms with Gasteiger partial charge in [0.25, 0.3) is 0 Å². The number of thiol groups is 1. The first-order valence-corrected chi connectivity index (χ1v) is 6.65. The Morgan fingerprint density at radius 2 is 1.88 bits per heavy atom. The first-order chi connectivity index (χ1) is 8.02. The fraction of sp³-hybridized carbons (Fsp3) is 0.692. The topological polar surface area (TPSA) is 36.1 Å². The van der Waals surface area contributed by atoms with Crippen molar-refractivity contribution in [1.29, 1.82) is 0 Å². The molecule has 1 unspecified atom stereocenters. The Bertz CT molecular complexity index is 239. The summed E-state index contributed by atoms with van der Waals surface area (Å²) in [7, 11) is 1.96. The molecule has 0 amide bonds. The zero-order valence-electron chi connectivity index (χ0n) is 11.3. The quantitative estimate of drug-likeness (QED) is 0.359. The van der Waals surface area contributed by atoms with E-state index >= 15 is 0 Å². The van der Waals surface area contributed by atoms with E-state index in [0.717, 1.165) is 37.2 Å². The second-order valence-electron chi connectivity index (χ2n) is 4.63. The van der Waals surface area contributed by atoms with Gasteiger partial charge in [0.15, 0.2) is 0 Å². The van der Waals surface area contributed by atoms with Crippen LogP contribution in [-0.4, -0.2) is 19.6 Å². The van der Waals surface area contributed by atoms with Crippen molar-refractivity contribution in [2.45, 2.75) is 39.2 Å². The predicted molar refractivity (Wildman–Crippen MR) is 79.9 cm³/mol. The van der Waals surface area contributed by atoms with Crippen molar-refractivity contribution >= 4 is 12.8 Å². The number of hydrogen-bond donors (Lipinski definition) is 4. The van der Waals surface area contributed by atoms with Crippen LogP contribution in [0.15, 0.2) is 24.6 Å². The van der Waals surface area contributed by atoms with E-state index in [2.05, 4.69) is 55.2 Å². The summed E-state index contributed by atoms with van der Waals surface area (Å²) in [6.07, 6.45) is 3.19. The molecular weight excluding hydrogens is 230 g/mol. The Morgan fingerprint density at radius 3 is 2.35 bits per heavy atom. The van der Waals surface area contributed by atoms with Gasteiger partial charge in [0.1, 0.15) is 0 Å². The van der Waals surface area contributed by atoms with Crippen molar-refractivity contribution in [3.05, 3.63) is 24.6 Å². The van der Waals surface area contributed by atoms with E-state index in [1.807, 2.05) is 7.05 Å².